The molecule has 1 spiro atoms. The summed E-state index contributed by atoms with van der Waals surface area (Å²) in [4.78, 5) is 20.5. The van der Waals surface area contributed by atoms with Crippen molar-refractivity contribution in [1.29, 1.82) is 0 Å². The van der Waals surface area contributed by atoms with Gasteiger partial charge in [0.15, 0.2) is 0 Å². The van der Waals surface area contributed by atoms with Crippen molar-refractivity contribution < 1.29 is 27.2 Å². The van der Waals surface area contributed by atoms with Crippen LogP contribution in [0.4, 0.5) is 19.1 Å². The molecule has 1 aromatic carbocycles. The lowest BCUT2D eigenvalue weighted by Crippen LogP contribution is -2.52. The number of amides is 1. The second-order valence-electron chi connectivity index (χ2n) is 7.83. The fourth-order valence-electron chi connectivity index (χ4n) is 4.04. The highest BCUT2D eigenvalue weighted by Gasteiger charge is 2.41. The van der Waals surface area contributed by atoms with E-state index in [0.717, 1.165) is 12.1 Å². The van der Waals surface area contributed by atoms with E-state index in [4.69, 9.17) is 9.26 Å². The Kier molecular flexibility index (Phi) is 5.44. The van der Waals surface area contributed by atoms with Gasteiger partial charge in [0.2, 0.25) is 11.8 Å². The molecule has 2 saturated heterocycles. The number of carbonyl (C=O) groups is 1. The molecule has 30 heavy (non-hydrogen) atoms. The second kappa shape index (κ2) is 7.90. The number of hydrogen-bond donors (Lipinski definition) is 0. The van der Waals surface area contributed by atoms with Crippen molar-refractivity contribution in [2.45, 2.75) is 44.5 Å². The maximum absolute atomic E-state index is 13.0. The molecular formula is C20H23F3N4O3. The minimum absolute atomic E-state index is 0.111. The third kappa shape index (κ3) is 4.43. The van der Waals surface area contributed by atoms with Crippen molar-refractivity contribution in [3.63, 3.8) is 0 Å². The van der Waals surface area contributed by atoms with Crippen LogP contribution < -0.4 is 4.90 Å². The summed E-state index contributed by atoms with van der Waals surface area (Å²) in [5.41, 5.74) is -0.782. The van der Waals surface area contributed by atoms with Crippen LogP contribution in [0.5, 0.6) is 0 Å². The van der Waals surface area contributed by atoms with Crippen molar-refractivity contribution in [2.24, 2.45) is 0 Å². The summed E-state index contributed by atoms with van der Waals surface area (Å²) in [6.07, 6.45) is -2.88. The fraction of sp³-hybridized carbons (Fsp3) is 0.550. The monoisotopic (exact) mass is 424 g/mol. The Morgan fingerprint density at radius 1 is 1.23 bits per heavy atom. The van der Waals surface area contributed by atoms with Gasteiger partial charge in [0.25, 0.3) is 5.95 Å². The molecule has 0 radical (unpaired) electrons. The van der Waals surface area contributed by atoms with Crippen LogP contribution in [0.15, 0.2) is 28.8 Å². The lowest BCUT2D eigenvalue weighted by molar-refractivity contribution is -0.137. The van der Waals surface area contributed by atoms with Gasteiger partial charge >= 0.3 is 6.18 Å². The van der Waals surface area contributed by atoms with Crippen LogP contribution in [0.3, 0.4) is 0 Å². The van der Waals surface area contributed by atoms with Crippen LogP contribution in [0.25, 0.3) is 0 Å². The minimum Gasteiger partial charge on any atom is -0.372 e. The number of aromatic nitrogens is 2. The first kappa shape index (κ1) is 20.6. The van der Waals surface area contributed by atoms with Gasteiger partial charge in [-0.25, -0.2) is 0 Å². The number of anilines is 1. The maximum Gasteiger partial charge on any atom is 0.416 e. The van der Waals surface area contributed by atoms with Crippen LogP contribution in [-0.4, -0.2) is 52.8 Å². The number of rotatable bonds is 3. The Bertz CT molecular complexity index is 907. The predicted molar refractivity (Wildman–Crippen MR) is 101 cm³/mol. The summed E-state index contributed by atoms with van der Waals surface area (Å²) in [5, 5.41) is 3.94. The lowest BCUT2D eigenvalue weighted by Gasteiger charge is -2.42. The highest BCUT2D eigenvalue weighted by atomic mass is 19.4. The zero-order valence-corrected chi connectivity index (χ0v) is 16.6. The highest BCUT2D eigenvalue weighted by Crippen LogP contribution is 2.33. The van der Waals surface area contributed by atoms with E-state index in [1.54, 1.807) is 17.9 Å². The number of halogens is 3. The minimum atomic E-state index is -4.41. The normalized spacial score (nSPS) is 19.9. The van der Waals surface area contributed by atoms with E-state index in [2.05, 4.69) is 10.1 Å². The molecule has 162 valence electrons. The molecule has 0 bridgehead atoms. The Morgan fingerprint density at radius 2 is 2.00 bits per heavy atom. The van der Waals surface area contributed by atoms with Crippen LogP contribution >= 0.6 is 0 Å². The molecule has 4 rings (SSSR count). The van der Waals surface area contributed by atoms with E-state index in [1.807, 2.05) is 4.90 Å². The molecule has 2 aliphatic heterocycles. The van der Waals surface area contributed by atoms with Gasteiger partial charge in [0, 0.05) is 26.6 Å². The zero-order chi connectivity index (χ0) is 21.4. The highest BCUT2D eigenvalue weighted by molar-refractivity contribution is 5.76. The van der Waals surface area contributed by atoms with Gasteiger partial charge in [-0.05, 0) is 35.7 Å². The van der Waals surface area contributed by atoms with Crippen LogP contribution in [0, 0.1) is 6.92 Å². The van der Waals surface area contributed by atoms with Gasteiger partial charge < -0.3 is 19.1 Å². The number of nitrogens with zero attached hydrogens (tertiary/aromatic N) is 4. The number of ether oxygens (including phenoxy) is 1. The molecule has 7 nitrogen and oxygen atoms in total. The van der Waals surface area contributed by atoms with Gasteiger partial charge in [-0.3, -0.25) is 4.79 Å². The predicted octanol–water partition coefficient (Wildman–Crippen LogP) is 3.18. The smallest absolute Gasteiger partial charge is 0.372 e. The van der Waals surface area contributed by atoms with E-state index < -0.39 is 17.3 Å². The van der Waals surface area contributed by atoms with E-state index in [0.29, 0.717) is 56.5 Å². The summed E-state index contributed by atoms with van der Waals surface area (Å²) in [5.74, 6) is 0.919. The largest absolute Gasteiger partial charge is 0.416 e. The fourth-order valence-corrected chi connectivity index (χ4v) is 4.04. The second-order valence-corrected chi connectivity index (χ2v) is 7.83. The van der Waals surface area contributed by atoms with E-state index in [9.17, 15) is 18.0 Å². The molecular weight excluding hydrogens is 401 g/mol. The molecule has 0 saturated carbocycles. The summed E-state index contributed by atoms with van der Waals surface area (Å²) in [7, 11) is 0. The van der Waals surface area contributed by atoms with Gasteiger partial charge in [-0.2, -0.15) is 18.2 Å². The molecule has 10 heteroatoms. The van der Waals surface area contributed by atoms with Crippen molar-refractivity contribution >= 4 is 11.9 Å². The Labute approximate surface area is 171 Å². The Balaban J connectivity index is 1.46. The number of benzene rings is 1. The van der Waals surface area contributed by atoms with Crippen LogP contribution in [0.1, 0.15) is 36.3 Å². The molecule has 1 amide bonds. The van der Waals surface area contributed by atoms with E-state index in [-0.39, 0.29) is 18.9 Å². The molecule has 2 aliphatic rings. The molecule has 0 aliphatic carbocycles. The molecule has 2 aromatic rings. The molecule has 0 atom stereocenters. The summed E-state index contributed by atoms with van der Waals surface area (Å²) in [6, 6.07) is 5.13. The third-order valence-electron chi connectivity index (χ3n) is 5.66. The number of piperidine rings is 1. The van der Waals surface area contributed by atoms with Crippen molar-refractivity contribution in [3.05, 3.63) is 41.3 Å². The van der Waals surface area contributed by atoms with Gasteiger partial charge in [-0.1, -0.05) is 12.1 Å². The van der Waals surface area contributed by atoms with Crippen molar-refractivity contribution in [1.82, 2.24) is 15.0 Å². The molecule has 1 aromatic heterocycles. The average Bonchev–Trinajstić information content (AvgIpc) is 3.07. The zero-order valence-electron chi connectivity index (χ0n) is 16.6. The van der Waals surface area contributed by atoms with E-state index in [1.165, 1.54) is 6.07 Å². The summed E-state index contributed by atoms with van der Waals surface area (Å²) in [6.45, 7) is 3.80. The summed E-state index contributed by atoms with van der Waals surface area (Å²) >= 11 is 0. The SMILES string of the molecule is Cc1nc(N2CCC3(CC2)CN(Cc2cccc(C(F)(F)F)c2)C(=O)CCO3)no1. The van der Waals surface area contributed by atoms with Crippen molar-refractivity contribution in [2.75, 3.05) is 31.1 Å². The first-order valence-corrected chi connectivity index (χ1v) is 9.87. The topological polar surface area (TPSA) is 71.7 Å². The van der Waals surface area contributed by atoms with E-state index >= 15 is 0 Å². The Hall–Kier alpha value is -2.62. The molecule has 0 N–H and O–H groups in total. The van der Waals surface area contributed by atoms with Gasteiger partial charge in [0.1, 0.15) is 0 Å². The number of hydrogen-bond acceptors (Lipinski definition) is 6. The van der Waals surface area contributed by atoms with Gasteiger partial charge in [-0.15, -0.1) is 0 Å². The first-order chi connectivity index (χ1) is 14.2. The average molecular weight is 424 g/mol. The standard InChI is InChI=1S/C20H23F3N4O3/c1-14-24-18(25-30-14)26-8-6-19(7-9-26)13-27(17(28)5-10-29-19)12-15-3-2-4-16(11-15)20(21,22)23/h2-4,11H,5-10,12-13H2,1H3. The van der Waals surface area contributed by atoms with Gasteiger partial charge in [0.05, 0.1) is 30.7 Å². The van der Waals surface area contributed by atoms with Crippen molar-refractivity contribution in [3.8, 4) is 0 Å². The Morgan fingerprint density at radius 3 is 2.67 bits per heavy atom. The third-order valence-corrected chi connectivity index (χ3v) is 5.66. The summed E-state index contributed by atoms with van der Waals surface area (Å²) < 4.78 is 50.2. The molecule has 0 unspecified atom stereocenters. The van der Waals surface area contributed by atoms with Crippen LogP contribution in [0.2, 0.25) is 0 Å². The number of carbonyl (C=O) groups excluding carboxylic acids is 1. The van der Waals surface area contributed by atoms with Crippen LogP contribution in [-0.2, 0) is 22.3 Å². The first-order valence-electron chi connectivity index (χ1n) is 9.87. The lowest BCUT2D eigenvalue weighted by atomic mass is 9.90. The maximum atomic E-state index is 13.0. The number of alkyl halides is 3. The quantitative estimate of drug-likeness (QED) is 0.754. The molecule has 3 heterocycles. The number of aryl methyl sites for hydroxylation is 1. The molecule has 2 fully saturated rings.